The van der Waals surface area contributed by atoms with Gasteiger partial charge in [0.2, 0.25) is 11.8 Å². The van der Waals surface area contributed by atoms with Crippen molar-refractivity contribution in [3.63, 3.8) is 0 Å². The van der Waals surface area contributed by atoms with Gasteiger partial charge in [-0.25, -0.2) is 0 Å². The van der Waals surface area contributed by atoms with E-state index in [1.807, 2.05) is 12.1 Å². The predicted octanol–water partition coefficient (Wildman–Crippen LogP) is 0.285. The fraction of sp³-hybridized carbons (Fsp3) is 0.250. The molecule has 0 fully saturated rings. The van der Waals surface area contributed by atoms with Crippen LogP contribution in [0.15, 0.2) is 30.3 Å². The largest absolute Gasteiger partial charge is 0.370 e. The van der Waals surface area contributed by atoms with Crippen molar-refractivity contribution in [3.05, 3.63) is 35.9 Å². The molecule has 2 amide bonds. The maximum Gasteiger partial charge on any atom is 0.241 e. The van der Waals surface area contributed by atoms with E-state index in [4.69, 9.17) is 11.0 Å². The Labute approximate surface area is 99.2 Å². The summed E-state index contributed by atoms with van der Waals surface area (Å²) in [5.41, 5.74) is 5.57. The molecule has 0 aliphatic rings. The number of hydrogen-bond acceptors (Lipinski definition) is 3. The predicted molar refractivity (Wildman–Crippen MR) is 61.6 cm³/mol. The van der Waals surface area contributed by atoms with Crippen LogP contribution >= 0.6 is 0 Å². The molecule has 5 heteroatoms. The number of nitrogens with two attached hydrogens (primary N) is 1. The van der Waals surface area contributed by atoms with E-state index >= 15 is 0 Å². The van der Waals surface area contributed by atoms with Gasteiger partial charge in [-0.2, -0.15) is 5.26 Å². The molecule has 0 aliphatic carbocycles. The summed E-state index contributed by atoms with van der Waals surface area (Å²) in [5, 5.41) is 11.5. The van der Waals surface area contributed by atoms with Gasteiger partial charge < -0.3 is 11.1 Å². The molecule has 1 atom stereocenters. The Hall–Kier alpha value is -2.35. The van der Waals surface area contributed by atoms with E-state index < -0.39 is 17.7 Å². The number of benzene rings is 1. The van der Waals surface area contributed by atoms with Gasteiger partial charge in [0.1, 0.15) is 5.92 Å². The van der Waals surface area contributed by atoms with Gasteiger partial charge in [-0.05, 0) is 5.56 Å². The second-order valence-electron chi connectivity index (χ2n) is 3.48. The molecule has 1 aromatic rings. The van der Waals surface area contributed by atoms with Crippen LogP contribution in [0.1, 0.15) is 17.9 Å². The maximum absolute atomic E-state index is 11.7. The molecule has 0 saturated carbocycles. The lowest BCUT2D eigenvalue weighted by Crippen LogP contribution is -2.31. The van der Waals surface area contributed by atoms with Crippen LogP contribution < -0.4 is 11.1 Å². The van der Waals surface area contributed by atoms with Gasteiger partial charge in [0.15, 0.2) is 0 Å². The van der Waals surface area contributed by atoms with Crippen molar-refractivity contribution >= 4 is 11.8 Å². The van der Waals surface area contributed by atoms with Crippen LogP contribution in [0, 0.1) is 11.3 Å². The van der Waals surface area contributed by atoms with E-state index in [-0.39, 0.29) is 13.0 Å². The minimum absolute atomic E-state index is 0.0681. The van der Waals surface area contributed by atoms with Gasteiger partial charge in [0.05, 0.1) is 6.07 Å². The molecule has 1 aromatic carbocycles. The van der Waals surface area contributed by atoms with Gasteiger partial charge in [-0.1, -0.05) is 30.3 Å². The molecule has 17 heavy (non-hydrogen) atoms. The van der Waals surface area contributed by atoms with E-state index in [0.29, 0.717) is 5.56 Å². The number of primary amides is 1. The average molecular weight is 231 g/mol. The Morgan fingerprint density at radius 3 is 2.53 bits per heavy atom. The fourth-order valence-electron chi connectivity index (χ4n) is 1.34. The molecular formula is C12H13N3O2. The van der Waals surface area contributed by atoms with E-state index in [1.165, 1.54) is 0 Å². The highest BCUT2D eigenvalue weighted by atomic mass is 16.2. The molecule has 0 aliphatic heterocycles. The maximum atomic E-state index is 11.7. The second kappa shape index (κ2) is 6.28. The Bertz CT molecular complexity index is 437. The minimum Gasteiger partial charge on any atom is -0.370 e. The zero-order valence-electron chi connectivity index (χ0n) is 9.22. The van der Waals surface area contributed by atoms with E-state index in [2.05, 4.69) is 5.32 Å². The number of amides is 2. The highest BCUT2D eigenvalue weighted by Gasteiger charge is 2.19. The van der Waals surface area contributed by atoms with Gasteiger partial charge >= 0.3 is 0 Å². The third kappa shape index (κ3) is 3.95. The lowest BCUT2D eigenvalue weighted by molar-refractivity contribution is -0.121. The Kier molecular flexibility index (Phi) is 4.70. The Morgan fingerprint density at radius 2 is 2.00 bits per heavy atom. The van der Waals surface area contributed by atoms with Crippen molar-refractivity contribution in [3.8, 4) is 6.07 Å². The summed E-state index contributed by atoms with van der Waals surface area (Å²) in [7, 11) is 0. The Balaban J connectivity index is 2.60. The van der Waals surface area contributed by atoms with Crippen LogP contribution in [-0.4, -0.2) is 18.4 Å². The number of rotatable bonds is 5. The van der Waals surface area contributed by atoms with Crippen molar-refractivity contribution in [1.29, 1.82) is 5.26 Å². The first-order chi connectivity index (χ1) is 8.15. The molecule has 5 nitrogen and oxygen atoms in total. The fourth-order valence-corrected chi connectivity index (χ4v) is 1.34. The second-order valence-corrected chi connectivity index (χ2v) is 3.48. The van der Waals surface area contributed by atoms with Crippen molar-refractivity contribution in [2.45, 2.75) is 12.3 Å². The SMILES string of the molecule is N#CC(C(=O)NCCC(N)=O)c1ccccc1. The molecule has 1 unspecified atom stereocenters. The summed E-state index contributed by atoms with van der Waals surface area (Å²) in [6.45, 7) is 0.152. The zero-order valence-corrected chi connectivity index (χ0v) is 9.22. The smallest absolute Gasteiger partial charge is 0.241 e. The molecule has 0 saturated heterocycles. The highest BCUT2D eigenvalue weighted by molar-refractivity contribution is 5.86. The topological polar surface area (TPSA) is 96.0 Å². The van der Waals surface area contributed by atoms with Gasteiger partial charge in [-0.3, -0.25) is 9.59 Å². The molecule has 0 spiro atoms. The van der Waals surface area contributed by atoms with Gasteiger partial charge in [0, 0.05) is 13.0 Å². The first-order valence-corrected chi connectivity index (χ1v) is 5.15. The van der Waals surface area contributed by atoms with E-state index in [9.17, 15) is 9.59 Å². The standard InChI is InChI=1S/C12H13N3O2/c13-8-10(9-4-2-1-3-5-9)12(17)15-7-6-11(14)16/h1-5,10H,6-7H2,(H2,14,16)(H,15,17). The molecule has 0 bridgehead atoms. The Morgan fingerprint density at radius 1 is 1.35 bits per heavy atom. The lowest BCUT2D eigenvalue weighted by Gasteiger charge is -2.09. The monoisotopic (exact) mass is 231 g/mol. The molecule has 3 N–H and O–H groups in total. The summed E-state index contributed by atoms with van der Waals surface area (Å²) in [6.07, 6.45) is 0.0681. The average Bonchev–Trinajstić information content (AvgIpc) is 2.31. The first kappa shape index (κ1) is 12.7. The molecular weight excluding hydrogens is 218 g/mol. The molecule has 0 radical (unpaired) electrons. The summed E-state index contributed by atoms with van der Waals surface area (Å²) in [4.78, 5) is 22.2. The minimum atomic E-state index is -0.857. The van der Waals surface area contributed by atoms with Crippen LogP contribution in [-0.2, 0) is 9.59 Å². The van der Waals surface area contributed by atoms with E-state index in [0.717, 1.165) is 0 Å². The van der Waals surface area contributed by atoms with Crippen molar-refractivity contribution < 1.29 is 9.59 Å². The molecule has 88 valence electrons. The van der Waals surface area contributed by atoms with Gasteiger partial charge in [0.25, 0.3) is 0 Å². The number of carbonyl (C=O) groups is 2. The van der Waals surface area contributed by atoms with Gasteiger partial charge in [-0.15, -0.1) is 0 Å². The van der Waals surface area contributed by atoms with Crippen LogP contribution in [0.25, 0.3) is 0 Å². The van der Waals surface area contributed by atoms with Crippen molar-refractivity contribution in [1.82, 2.24) is 5.32 Å². The number of nitriles is 1. The zero-order chi connectivity index (χ0) is 12.7. The normalized spacial score (nSPS) is 11.2. The molecule has 0 aromatic heterocycles. The first-order valence-electron chi connectivity index (χ1n) is 5.15. The highest BCUT2D eigenvalue weighted by Crippen LogP contribution is 2.14. The third-order valence-electron chi connectivity index (χ3n) is 2.19. The quantitative estimate of drug-likeness (QED) is 0.762. The summed E-state index contributed by atoms with van der Waals surface area (Å²) < 4.78 is 0. The van der Waals surface area contributed by atoms with E-state index in [1.54, 1.807) is 24.3 Å². The molecule has 0 heterocycles. The summed E-state index contributed by atoms with van der Waals surface area (Å²) in [6, 6.07) is 10.7. The number of nitrogens with zero attached hydrogens (tertiary/aromatic N) is 1. The van der Waals surface area contributed by atoms with Crippen molar-refractivity contribution in [2.75, 3.05) is 6.54 Å². The van der Waals surface area contributed by atoms with Crippen LogP contribution in [0.3, 0.4) is 0 Å². The third-order valence-corrected chi connectivity index (χ3v) is 2.19. The van der Waals surface area contributed by atoms with Crippen LogP contribution in [0.2, 0.25) is 0 Å². The summed E-state index contributed by atoms with van der Waals surface area (Å²) in [5.74, 6) is -1.76. The number of nitrogens with one attached hydrogen (secondary N) is 1. The van der Waals surface area contributed by atoms with Crippen molar-refractivity contribution in [2.24, 2.45) is 5.73 Å². The summed E-state index contributed by atoms with van der Waals surface area (Å²) >= 11 is 0. The number of carbonyl (C=O) groups excluding carboxylic acids is 2. The lowest BCUT2D eigenvalue weighted by atomic mass is 10.00. The number of hydrogen-bond donors (Lipinski definition) is 2. The van der Waals surface area contributed by atoms with Crippen LogP contribution in [0.5, 0.6) is 0 Å². The molecule has 1 rings (SSSR count). The van der Waals surface area contributed by atoms with Crippen LogP contribution in [0.4, 0.5) is 0 Å².